The van der Waals surface area contributed by atoms with Crippen LogP contribution in [0.3, 0.4) is 0 Å². The van der Waals surface area contributed by atoms with E-state index in [2.05, 4.69) is 52.6 Å². The van der Waals surface area contributed by atoms with Crippen molar-refractivity contribution in [2.24, 2.45) is 0 Å². The number of aryl methyl sites for hydroxylation is 1. The summed E-state index contributed by atoms with van der Waals surface area (Å²) in [7, 11) is 0. The monoisotopic (exact) mass is 341 g/mol. The van der Waals surface area contributed by atoms with Crippen LogP contribution in [0, 0.1) is 0 Å². The van der Waals surface area contributed by atoms with Crippen molar-refractivity contribution in [1.82, 2.24) is 24.6 Å². The van der Waals surface area contributed by atoms with E-state index in [1.54, 1.807) is 0 Å². The average molecular weight is 341 g/mol. The van der Waals surface area contributed by atoms with Gasteiger partial charge in [-0.1, -0.05) is 32.9 Å². The van der Waals surface area contributed by atoms with E-state index >= 15 is 0 Å². The van der Waals surface area contributed by atoms with E-state index in [0.717, 1.165) is 49.8 Å². The molecule has 3 rings (SSSR count). The smallest absolute Gasteiger partial charge is 0.254 e. The number of benzene rings is 1. The summed E-state index contributed by atoms with van der Waals surface area (Å²) >= 11 is 0. The first kappa shape index (κ1) is 17.6. The molecule has 0 saturated heterocycles. The van der Waals surface area contributed by atoms with Crippen molar-refractivity contribution in [3.63, 3.8) is 0 Å². The summed E-state index contributed by atoms with van der Waals surface area (Å²) in [6, 6.07) is 8.01. The predicted octanol–water partition coefficient (Wildman–Crippen LogP) is 2.34. The van der Waals surface area contributed by atoms with Crippen molar-refractivity contribution in [2.75, 3.05) is 19.6 Å². The maximum absolute atomic E-state index is 12.8. The van der Waals surface area contributed by atoms with Crippen LogP contribution in [0.4, 0.5) is 0 Å². The fraction of sp³-hybridized carbons (Fsp3) is 0.526. The first-order chi connectivity index (χ1) is 12.2. The lowest BCUT2D eigenvalue weighted by Gasteiger charge is -2.28. The molecule has 134 valence electrons. The number of aromatic nitrogens is 3. The van der Waals surface area contributed by atoms with Gasteiger partial charge in [-0.25, -0.2) is 0 Å². The summed E-state index contributed by atoms with van der Waals surface area (Å²) in [5, 5.41) is 8.44. The van der Waals surface area contributed by atoms with Crippen LogP contribution in [0.15, 0.2) is 24.3 Å². The van der Waals surface area contributed by atoms with Crippen molar-refractivity contribution in [2.45, 2.75) is 46.8 Å². The Morgan fingerprint density at radius 2 is 1.80 bits per heavy atom. The molecule has 1 aromatic heterocycles. The number of fused-ring (bicyclic) bond motifs is 1. The van der Waals surface area contributed by atoms with Gasteiger partial charge in [-0.2, -0.15) is 0 Å². The summed E-state index contributed by atoms with van der Waals surface area (Å²) in [4.78, 5) is 17.0. The topological polar surface area (TPSA) is 54.3 Å². The fourth-order valence-corrected chi connectivity index (χ4v) is 3.29. The molecule has 0 aliphatic carbocycles. The highest BCUT2D eigenvalue weighted by Gasteiger charge is 2.24. The Labute approximate surface area is 149 Å². The van der Waals surface area contributed by atoms with Crippen LogP contribution in [0.25, 0.3) is 0 Å². The highest BCUT2D eigenvalue weighted by molar-refractivity contribution is 5.94. The normalized spacial score (nSPS) is 14.0. The fourth-order valence-electron chi connectivity index (χ4n) is 3.29. The third-order valence-electron chi connectivity index (χ3n) is 4.93. The molecule has 0 unspecified atom stereocenters. The first-order valence-corrected chi connectivity index (χ1v) is 9.17. The van der Waals surface area contributed by atoms with Crippen LogP contribution in [-0.4, -0.2) is 50.1 Å². The molecule has 0 N–H and O–H groups in total. The van der Waals surface area contributed by atoms with E-state index in [-0.39, 0.29) is 5.91 Å². The average Bonchev–Trinajstić information content (AvgIpc) is 3.08. The highest BCUT2D eigenvalue weighted by atomic mass is 16.2. The minimum Gasteiger partial charge on any atom is -0.329 e. The summed E-state index contributed by atoms with van der Waals surface area (Å²) in [5.74, 6) is 1.96. The van der Waals surface area contributed by atoms with Crippen molar-refractivity contribution in [3.05, 3.63) is 47.0 Å². The molecule has 0 bridgehead atoms. The minimum atomic E-state index is 0.0710. The predicted molar refractivity (Wildman–Crippen MR) is 97.2 cm³/mol. The highest BCUT2D eigenvalue weighted by Crippen LogP contribution is 2.16. The second kappa shape index (κ2) is 7.78. The Kier molecular flexibility index (Phi) is 5.48. The Bertz CT molecular complexity index is 718. The molecule has 1 aliphatic rings. The Balaban J connectivity index is 1.67. The molecular weight excluding hydrogens is 314 g/mol. The van der Waals surface area contributed by atoms with Crippen molar-refractivity contribution in [1.29, 1.82) is 0 Å². The van der Waals surface area contributed by atoms with E-state index in [9.17, 15) is 4.79 Å². The summed E-state index contributed by atoms with van der Waals surface area (Å²) in [6.45, 7) is 11.4. The van der Waals surface area contributed by atoms with Crippen LogP contribution in [0.5, 0.6) is 0 Å². The van der Waals surface area contributed by atoms with E-state index < -0.39 is 0 Å². The summed E-state index contributed by atoms with van der Waals surface area (Å²) in [5.41, 5.74) is 1.98. The maximum atomic E-state index is 12.8. The molecule has 0 radical (unpaired) electrons. The minimum absolute atomic E-state index is 0.0710. The van der Waals surface area contributed by atoms with Gasteiger partial charge in [0.1, 0.15) is 5.82 Å². The lowest BCUT2D eigenvalue weighted by Crippen LogP contribution is -2.38. The number of nitrogens with zero attached hydrogens (tertiary/aromatic N) is 5. The first-order valence-electron chi connectivity index (χ1n) is 9.17. The van der Waals surface area contributed by atoms with E-state index in [1.807, 2.05) is 17.0 Å². The van der Waals surface area contributed by atoms with Gasteiger partial charge in [0, 0.05) is 31.6 Å². The molecule has 1 amide bonds. The van der Waals surface area contributed by atoms with Crippen LogP contribution in [-0.2, 0) is 26.1 Å². The third-order valence-corrected chi connectivity index (χ3v) is 4.93. The molecule has 0 fully saturated rings. The quantitative estimate of drug-likeness (QED) is 0.809. The largest absolute Gasteiger partial charge is 0.329 e. The van der Waals surface area contributed by atoms with Gasteiger partial charge < -0.3 is 9.47 Å². The standard InChI is InChI=1S/C19H27N5O/c1-4-17-20-21-18-14-23(11-12-24(17)18)19(25)16-9-7-15(8-10-16)13-22(5-2)6-3/h7-10H,4-6,11-14H2,1-3H3. The van der Waals surface area contributed by atoms with Crippen LogP contribution in [0.2, 0.25) is 0 Å². The van der Waals surface area contributed by atoms with Crippen molar-refractivity contribution in [3.8, 4) is 0 Å². The zero-order valence-corrected chi connectivity index (χ0v) is 15.4. The van der Waals surface area contributed by atoms with E-state index in [0.29, 0.717) is 13.1 Å². The lowest BCUT2D eigenvalue weighted by molar-refractivity contribution is 0.0706. The van der Waals surface area contributed by atoms with Crippen LogP contribution < -0.4 is 0 Å². The molecule has 25 heavy (non-hydrogen) atoms. The molecular formula is C19H27N5O. The van der Waals surface area contributed by atoms with Gasteiger partial charge in [0.2, 0.25) is 0 Å². The van der Waals surface area contributed by atoms with Gasteiger partial charge in [0.25, 0.3) is 5.91 Å². The van der Waals surface area contributed by atoms with E-state index in [4.69, 9.17) is 0 Å². The Morgan fingerprint density at radius 1 is 1.08 bits per heavy atom. The van der Waals surface area contributed by atoms with E-state index in [1.165, 1.54) is 5.56 Å². The molecule has 6 heteroatoms. The second-order valence-corrected chi connectivity index (χ2v) is 6.42. The zero-order valence-electron chi connectivity index (χ0n) is 15.4. The molecule has 0 spiro atoms. The Hall–Kier alpha value is -2.21. The van der Waals surface area contributed by atoms with Gasteiger partial charge >= 0.3 is 0 Å². The molecule has 2 heterocycles. The van der Waals surface area contributed by atoms with Crippen molar-refractivity contribution >= 4 is 5.91 Å². The number of rotatable bonds is 6. The molecule has 0 saturated carbocycles. The Morgan fingerprint density at radius 3 is 2.44 bits per heavy atom. The number of hydrogen-bond acceptors (Lipinski definition) is 4. The number of amides is 1. The van der Waals surface area contributed by atoms with Crippen LogP contribution in [0.1, 0.15) is 48.3 Å². The number of carbonyl (C=O) groups is 1. The maximum Gasteiger partial charge on any atom is 0.254 e. The molecule has 1 aliphatic heterocycles. The number of carbonyl (C=O) groups excluding carboxylic acids is 1. The lowest BCUT2D eigenvalue weighted by atomic mass is 10.1. The molecule has 1 aromatic carbocycles. The van der Waals surface area contributed by atoms with Gasteiger partial charge in [-0.15, -0.1) is 10.2 Å². The molecule has 6 nitrogen and oxygen atoms in total. The van der Waals surface area contributed by atoms with Gasteiger partial charge in [-0.05, 0) is 30.8 Å². The zero-order chi connectivity index (χ0) is 17.8. The van der Waals surface area contributed by atoms with Crippen LogP contribution >= 0.6 is 0 Å². The van der Waals surface area contributed by atoms with Gasteiger partial charge in [0.05, 0.1) is 6.54 Å². The van der Waals surface area contributed by atoms with Gasteiger partial charge in [0.15, 0.2) is 5.82 Å². The number of hydrogen-bond donors (Lipinski definition) is 0. The molecule has 0 atom stereocenters. The van der Waals surface area contributed by atoms with Crippen molar-refractivity contribution < 1.29 is 4.79 Å². The summed E-state index contributed by atoms with van der Waals surface area (Å²) in [6.07, 6.45) is 0.870. The second-order valence-electron chi connectivity index (χ2n) is 6.42. The summed E-state index contributed by atoms with van der Waals surface area (Å²) < 4.78 is 2.14. The SMILES string of the molecule is CCc1nnc2n1CCN(C(=O)c1ccc(CN(CC)CC)cc1)C2. The van der Waals surface area contributed by atoms with Gasteiger partial charge in [-0.3, -0.25) is 9.69 Å². The molecule has 2 aromatic rings. The third kappa shape index (κ3) is 3.74.